The fourth-order valence-corrected chi connectivity index (χ4v) is 2.99. The smallest absolute Gasteiger partial charge is 0.319 e. The van der Waals surface area contributed by atoms with E-state index in [1.54, 1.807) is 18.3 Å². The van der Waals surface area contributed by atoms with Crippen molar-refractivity contribution in [3.63, 3.8) is 0 Å². The molecule has 3 rings (SSSR count). The summed E-state index contributed by atoms with van der Waals surface area (Å²) in [6.45, 7) is 0. The highest BCUT2D eigenvalue weighted by molar-refractivity contribution is 6.29. The second-order valence-electron chi connectivity index (χ2n) is 4.67. The summed E-state index contributed by atoms with van der Waals surface area (Å²) in [4.78, 5) is 18.1. The maximum atomic E-state index is 12.1. The van der Waals surface area contributed by atoms with Crippen LogP contribution in [0.4, 0.5) is 10.5 Å². The van der Waals surface area contributed by atoms with Crippen LogP contribution in [0, 0.1) is 0 Å². The molecular formula is C12H14ClN3O. The highest BCUT2D eigenvalue weighted by atomic mass is 35.5. The number of hydrogen-bond donors (Lipinski definition) is 1. The molecule has 0 radical (unpaired) electrons. The first-order valence-corrected chi connectivity index (χ1v) is 6.33. The van der Waals surface area contributed by atoms with Crippen molar-refractivity contribution in [1.29, 1.82) is 0 Å². The summed E-state index contributed by atoms with van der Waals surface area (Å²) in [7, 11) is 0. The average molecular weight is 252 g/mol. The van der Waals surface area contributed by atoms with Gasteiger partial charge in [0.15, 0.2) is 0 Å². The summed E-state index contributed by atoms with van der Waals surface area (Å²) in [6, 6.07) is 4.33. The summed E-state index contributed by atoms with van der Waals surface area (Å²) in [6.07, 6.45) is 6.18. The lowest BCUT2D eigenvalue weighted by atomic mass is 10.0. The van der Waals surface area contributed by atoms with E-state index in [0.29, 0.717) is 22.9 Å². The van der Waals surface area contributed by atoms with E-state index in [1.165, 1.54) is 0 Å². The number of rotatable bonds is 1. The molecule has 0 atom stereocenters. The van der Waals surface area contributed by atoms with E-state index in [1.807, 2.05) is 4.90 Å². The van der Waals surface area contributed by atoms with Crippen LogP contribution in [0.25, 0.3) is 0 Å². The second kappa shape index (κ2) is 4.18. The molecular weight excluding hydrogens is 238 g/mol. The number of amides is 2. The standard InChI is InChI=1S/C12H14ClN3O/c13-11-6-1-8(7-14-11)15-12(17)16-9-2-3-10(16)5-4-9/h1,6-7,9-10H,2-5H2,(H,15,17). The predicted molar refractivity (Wildman–Crippen MR) is 66.1 cm³/mol. The first kappa shape index (κ1) is 10.8. The van der Waals surface area contributed by atoms with Crippen LogP contribution in [0.15, 0.2) is 18.3 Å². The number of halogens is 1. The van der Waals surface area contributed by atoms with Crippen LogP contribution in [0.3, 0.4) is 0 Å². The number of pyridine rings is 1. The number of anilines is 1. The Labute approximate surface area is 105 Å². The Morgan fingerprint density at radius 1 is 1.29 bits per heavy atom. The molecule has 2 aliphatic heterocycles. The van der Waals surface area contributed by atoms with Gasteiger partial charge in [0.05, 0.1) is 11.9 Å². The Kier molecular flexibility index (Phi) is 2.67. The van der Waals surface area contributed by atoms with Crippen molar-refractivity contribution in [2.45, 2.75) is 37.8 Å². The first-order chi connectivity index (χ1) is 8.24. The maximum absolute atomic E-state index is 12.1. The van der Waals surface area contributed by atoms with Gasteiger partial charge in [-0.15, -0.1) is 0 Å². The molecule has 0 aromatic carbocycles. The zero-order valence-corrected chi connectivity index (χ0v) is 10.2. The van der Waals surface area contributed by atoms with Crippen LogP contribution in [-0.4, -0.2) is 28.0 Å². The molecule has 0 unspecified atom stereocenters. The number of urea groups is 1. The van der Waals surface area contributed by atoms with Gasteiger partial charge in [0.1, 0.15) is 5.15 Å². The molecule has 0 saturated carbocycles. The van der Waals surface area contributed by atoms with Crippen molar-refractivity contribution in [1.82, 2.24) is 9.88 Å². The molecule has 5 heteroatoms. The Hall–Kier alpha value is -1.29. The van der Waals surface area contributed by atoms with Crippen LogP contribution >= 0.6 is 11.6 Å². The molecule has 1 N–H and O–H groups in total. The molecule has 2 fully saturated rings. The second-order valence-corrected chi connectivity index (χ2v) is 5.06. The molecule has 0 aliphatic carbocycles. The van der Waals surface area contributed by atoms with Crippen LogP contribution in [0.5, 0.6) is 0 Å². The number of fused-ring (bicyclic) bond motifs is 2. The number of hydrogen-bond acceptors (Lipinski definition) is 2. The van der Waals surface area contributed by atoms with Gasteiger partial charge in [-0.3, -0.25) is 0 Å². The van der Waals surface area contributed by atoms with Crippen LogP contribution in [0.1, 0.15) is 25.7 Å². The summed E-state index contributed by atoms with van der Waals surface area (Å²) >= 11 is 5.70. The zero-order valence-electron chi connectivity index (χ0n) is 9.40. The molecule has 4 nitrogen and oxygen atoms in total. The maximum Gasteiger partial charge on any atom is 0.322 e. The van der Waals surface area contributed by atoms with Crippen molar-refractivity contribution >= 4 is 23.3 Å². The van der Waals surface area contributed by atoms with E-state index >= 15 is 0 Å². The summed E-state index contributed by atoms with van der Waals surface area (Å²) in [5.74, 6) is 0. The van der Waals surface area contributed by atoms with E-state index in [9.17, 15) is 4.79 Å². The minimum atomic E-state index is -0.000813. The lowest BCUT2D eigenvalue weighted by molar-refractivity contribution is 0.206. The summed E-state index contributed by atoms with van der Waals surface area (Å²) in [5, 5.41) is 3.31. The summed E-state index contributed by atoms with van der Waals surface area (Å²) < 4.78 is 0. The fourth-order valence-electron chi connectivity index (χ4n) is 2.88. The highest BCUT2D eigenvalue weighted by Gasteiger charge is 2.42. The summed E-state index contributed by atoms with van der Waals surface area (Å²) in [5.41, 5.74) is 0.700. The molecule has 90 valence electrons. The van der Waals surface area contributed by atoms with Gasteiger partial charge in [0, 0.05) is 12.1 Å². The van der Waals surface area contributed by atoms with Crippen LogP contribution in [-0.2, 0) is 0 Å². The van der Waals surface area contributed by atoms with Gasteiger partial charge in [-0.1, -0.05) is 11.6 Å². The molecule has 2 bridgehead atoms. The van der Waals surface area contributed by atoms with Gasteiger partial charge in [-0.25, -0.2) is 9.78 Å². The Morgan fingerprint density at radius 3 is 2.47 bits per heavy atom. The van der Waals surface area contributed by atoms with E-state index in [2.05, 4.69) is 10.3 Å². The van der Waals surface area contributed by atoms with Crippen LogP contribution in [0.2, 0.25) is 5.15 Å². The van der Waals surface area contributed by atoms with Crippen LogP contribution < -0.4 is 5.32 Å². The molecule has 2 amide bonds. The topological polar surface area (TPSA) is 45.2 Å². The van der Waals surface area contributed by atoms with Gasteiger partial charge in [-0.05, 0) is 37.8 Å². The Morgan fingerprint density at radius 2 is 1.94 bits per heavy atom. The third kappa shape index (κ3) is 1.97. The number of carbonyl (C=O) groups is 1. The minimum absolute atomic E-state index is 0.000813. The van der Waals surface area contributed by atoms with E-state index in [0.717, 1.165) is 25.7 Å². The SMILES string of the molecule is O=C(Nc1ccc(Cl)nc1)N1C2CCC1CC2. The molecule has 0 spiro atoms. The lowest BCUT2D eigenvalue weighted by Crippen LogP contribution is -2.38. The first-order valence-electron chi connectivity index (χ1n) is 5.95. The van der Waals surface area contributed by atoms with Gasteiger partial charge < -0.3 is 10.2 Å². The Bertz CT molecular complexity index is 414. The highest BCUT2D eigenvalue weighted by Crippen LogP contribution is 2.37. The van der Waals surface area contributed by atoms with E-state index in [-0.39, 0.29) is 6.03 Å². The average Bonchev–Trinajstić information content (AvgIpc) is 2.91. The number of carbonyl (C=O) groups excluding carboxylic acids is 1. The van der Waals surface area contributed by atoms with Gasteiger partial charge in [0.2, 0.25) is 0 Å². The van der Waals surface area contributed by atoms with Gasteiger partial charge in [0.25, 0.3) is 0 Å². The van der Waals surface area contributed by atoms with Crippen molar-refractivity contribution in [2.24, 2.45) is 0 Å². The number of aromatic nitrogens is 1. The molecule has 3 heterocycles. The van der Waals surface area contributed by atoms with E-state index < -0.39 is 0 Å². The zero-order chi connectivity index (χ0) is 11.8. The Balaban J connectivity index is 1.69. The lowest BCUT2D eigenvalue weighted by Gasteiger charge is -2.22. The largest absolute Gasteiger partial charge is 0.322 e. The number of nitrogens with zero attached hydrogens (tertiary/aromatic N) is 2. The quantitative estimate of drug-likeness (QED) is 0.780. The molecule has 2 saturated heterocycles. The predicted octanol–water partition coefficient (Wildman–Crippen LogP) is 2.89. The molecule has 1 aromatic heterocycles. The number of nitrogens with one attached hydrogen (secondary N) is 1. The van der Waals surface area contributed by atoms with Crippen molar-refractivity contribution in [2.75, 3.05) is 5.32 Å². The monoisotopic (exact) mass is 251 g/mol. The third-order valence-corrected chi connectivity index (χ3v) is 3.89. The van der Waals surface area contributed by atoms with Crippen molar-refractivity contribution < 1.29 is 4.79 Å². The van der Waals surface area contributed by atoms with Crippen molar-refractivity contribution in [3.8, 4) is 0 Å². The normalized spacial score (nSPS) is 26.3. The molecule has 17 heavy (non-hydrogen) atoms. The minimum Gasteiger partial charge on any atom is -0.319 e. The molecule has 1 aromatic rings. The van der Waals surface area contributed by atoms with Gasteiger partial charge >= 0.3 is 6.03 Å². The fraction of sp³-hybridized carbons (Fsp3) is 0.500. The van der Waals surface area contributed by atoms with Gasteiger partial charge in [-0.2, -0.15) is 0 Å². The molecule has 2 aliphatic rings. The van der Waals surface area contributed by atoms with E-state index in [4.69, 9.17) is 11.6 Å². The third-order valence-electron chi connectivity index (χ3n) is 3.67. The van der Waals surface area contributed by atoms with Crippen molar-refractivity contribution in [3.05, 3.63) is 23.5 Å².